The lowest BCUT2D eigenvalue weighted by molar-refractivity contribution is 0.197. The molecule has 1 N–H and O–H groups in total. The van der Waals surface area contributed by atoms with Crippen molar-refractivity contribution in [3.8, 4) is 0 Å². The predicted molar refractivity (Wildman–Crippen MR) is 83.4 cm³/mol. The van der Waals surface area contributed by atoms with Crippen LogP contribution < -0.4 is 5.32 Å². The summed E-state index contributed by atoms with van der Waals surface area (Å²) in [4.78, 5) is 2.56. The summed E-state index contributed by atoms with van der Waals surface area (Å²) in [6, 6.07) is 20.0. The van der Waals surface area contributed by atoms with Crippen molar-refractivity contribution in [3.05, 3.63) is 71.3 Å². The summed E-state index contributed by atoms with van der Waals surface area (Å²) in [7, 11) is 0. The second-order valence-corrected chi connectivity index (χ2v) is 5.50. The zero-order valence-corrected chi connectivity index (χ0v) is 12.0. The van der Waals surface area contributed by atoms with Gasteiger partial charge < -0.3 is 5.32 Å². The molecule has 2 aromatic rings. The highest BCUT2D eigenvalue weighted by atomic mass is 15.2. The van der Waals surface area contributed by atoms with E-state index in [1.807, 2.05) is 0 Å². The number of nitrogens with zero attached hydrogens (tertiary/aromatic N) is 1. The molecule has 2 nitrogen and oxygen atoms in total. The molecule has 1 heterocycles. The van der Waals surface area contributed by atoms with Crippen LogP contribution in [0.5, 0.6) is 0 Å². The topological polar surface area (TPSA) is 15.3 Å². The molecule has 0 bridgehead atoms. The normalized spacial score (nSPS) is 17.9. The molecule has 2 aromatic carbocycles. The zero-order chi connectivity index (χ0) is 13.8. The van der Waals surface area contributed by atoms with E-state index in [9.17, 15) is 0 Å². The van der Waals surface area contributed by atoms with Crippen LogP contribution >= 0.6 is 0 Å². The lowest BCUT2D eigenvalue weighted by Crippen LogP contribution is -2.36. The molecule has 0 aromatic heterocycles. The Morgan fingerprint density at radius 3 is 2.45 bits per heavy atom. The van der Waals surface area contributed by atoms with Gasteiger partial charge in [0.25, 0.3) is 0 Å². The molecule has 0 radical (unpaired) electrons. The fraction of sp³-hybridized carbons (Fsp3) is 0.333. The van der Waals surface area contributed by atoms with E-state index >= 15 is 0 Å². The maximum Gasteiger partial charge on any atom is 0.0323 e. The molecule has 0 saturated carbocycles. The van der Waals surface area contributed by atoms with Gasteiger partial charge in [-0.05, 0) is 23.6 Å². The summed E-state index contributed by atoms with van der Waals surface area (Å²) in [5.74, 6) is 0. The van der Waals surface area contributed by atoms with E-state index < -0.39 is 0 Å². The molecule has 1 atom stereocenters. The SMILES string of the molecule is CC(c1ccccc1)N1CCNCc2ccccc2C1. The number of rotatable bonds is 2. The lowest BCUT2D eigenvalue weighted by Gasteiger charge is -2.32. The van der Waals surface area contributed by atoms with Gasteiger partial charge in [-0.15, -0.1) is 0 Å². The smallest absolute Gasteiger partial charge is 0.0323 e. The van der Waals surface area contributed by atoms with E-state index in [4.69, 9.17) is 0 Å². The number of hydrogen-bond acceptors (Lipinski definition) is 2. The van der Waals surface area contributed by atoms with Crippen LogP contribution in [-0.2, 0) is 13.1 Å². The third kappa shape index (κ3) is 2.92. The molecule has 3 rings (SSSR count). The van der Waals surface area contributed by atoms with Crippen molar-refractivity contribution in [3.63, 3.8) is 0 Å². The van der Waals surface area contributed by atoms with Gasteiger partial charge in [0.1, 0.15) is 0 Å². The molecular weight excluding hydrogens is 244 g/mol. The Balaban J connectivity index is 1.84. The Kier molecular flexibility index (Phi) is 4.14. The van der Waals surface area contributed by atoms with E-state index in [2.05, 4.69) is 71.7 Å². The minimum absolute atomic E-state index is 0.448. The van der Waals surface area contributed by atoms with Crippen LogP contribution in [0.3, 0.4) is 0 Å². The summed E-state index contributed by atoms with van der Waals surface area (Å²) >= 11 is 0. The van der Waals surface area contributed by atoms with Crippen LogP contribution in [0.2, 0.25) is 0 Å². The fourth-order valence-electron chi connectivity index (χ4n) is 2.90. The molecule has 1 aliphatic heterocycles. The quantitative estimate of drug-likeness (QED) is 0.896. The number of fused-ring (bicyclic) bond motifs is 1. The highest BCUT2D eigenvalue weighted by Gasteiger charge is 2.18. The Morgan fingerprint density at radius 1 is 0.950 bits per heavy atom. The first-order chi connectivity index (χ1) is 9.84. The molecular formula is C18H22N2. The maximum atomic E-state index is 3.54. The van der Waals surface area contributed by atoms with E-state index in [1.54, 1.807) is 0 Å². The molecule has 20 heavy (non-hydrogen) atoms. The van der Waals surface area contributed by atoms with Gasteiger partial charge in [0.05, 0.1) is 0 Å². The average Bonchev–Trinajstić information content (AvgIpc) is 2.48. The first-order valence-electron chi connectivity index (χ1n) is 7.41. The van der Waals surface area contributed by atoms with Gasteiger partial charge in [-0.3, -0.25) is 4.90 Å². The molecule has 0 spiro atoms. The molecule has 1 aliphatic rings. The highest BCUT2D eigenvalue weighted by Crippen LogP contribution is 2.23. The average molecular weight is 266 g/mol. The van der Waals surface area contributed by atoms with Crippen LogP contribution in [-0.4, -0.2) is 18.0 Å². The van der Waals surface area contributed by atoms with Crippen molar-refractivity contribution < 1.29 is 0 Å². The predicted octanol–water partition coefficient (Wildman–Crippen LogP) is 3.35. The first kappa shape index (κ1) is 13.3. The number of nitrogens with one attached hydrogen (secondary N) is 1. The lowest BCUT2D eigenvalue weighted by atomic mass is 10.0. The van der Waals surface area contributed by atoms with Crippen molar-refractivity contribution in [2.24, 2.45) is 0 Å². The minimum atomic E-state index is 0.448. The third-order valence-electron chi connectivity index (χ3n) is 4.21. The van der Waals surface area contributed by atoms with Gasteiger partial charge in [-0.25, -0.2) is 0 Å². The molecule has 104 valence electrons. The molecule has 0 saturated heterocycles. The van der Waals surface area contributed by atoms with Crippen molar-refractivity contribution in [2.75, 3.05) is 13.1 Å². The third-order valence-corrected chi connectivity index (χ3v) is 4.21. The Bertz CT molecular complexity index is 550. The molecule has 0 aliphatic carbocycles. The van der Waals surface area contributed by atoms with Crippen molar-refractivity contribution in [1.29, 1.82) is 0 Å². The van der Waals surface area contributed by atoms with E-state index in [0.717, 1.165) is 26.2 Å². The Labute approximate surface area is 121 Å². The minimum Gasteiger partial charge on any atom is -0.311 e. The first-order valence-corrected chi connectivity index (χ1v) is 7.41. The van der Waals surface area contributed by atoms with Crippen LogP contribution in [0.15, 0.2) is 54.6 Å². The second-order valence-electron chi connectivity index (χ2n) is 5.50. The number of hydrogen-bond donors (Lipinski definition) is 1. The van der Waals surface area contributed by atoms with Gasteiger partial charge in [0, 0.05) is 32.2 Å². The Morgan fingerprint density at radius 2 is 1.65 bits per heavy atom. The summed E-state index contributed by atoms with van der Waals surface area (Å²) in [6.45, 7) is 6.47. The van der Waals surface area contributed by atoms with Gasteiger partial charge >= 0.3 is 0 Å². The summed E-state index contributed by atoms with van der Waals surface area (Å²) in [5, 5.41) is 3.54. The zero-order valence-electron chi connectivity index (χ0n) is 12.0. The largest absolute Gasteiger partial charge is 0.311 e. The second kappa shape index (κ2) is 6.21. The van der Waals surface area contributed by atoms with Crippen molar-refractivity contribution in [1.82, 2.24) is 10.2 Å². The molecule has 0 amide bonds. The summed E-state index contributed by atoms with van der Waals surface area (Å²) in [5.41, 5.74) is 4.27. The fourth-order valence-corrected chi connectivity index (χ4v) is 2.90. The summed E-state index contributed by atoms with van der Waals surface area (Å²) in [6.07, 6.45) is 0. The van der Waals surface area contributed by atoms with Crippen LogP contribution in [0.4, 0.5) is 0 Å². The van der Waals surface area contributed by atoms with Gasteiger partial charge in [0.2, 0.25) is 0 Å². The Hall–Kier alpha value is -1.64. The summed E-state index contributed by atoms with van der Waals surface area (Å²) < 4.78 is 0. The van der Waals surface area contributed by atoms with Gasteiger partial charge in [0.15, 0.2) is 0 Å². The van der Waals surface area contributed by atoms with Crippen LogP contribution in [0.1, 0.15) is 29.7 Å². The monoisotopic (exact) mass is 266 g/mol. The van der Waals surface area contributed by atoms with Crippen LogP contribution in [0.25, 0.3) is 0 Å². The van der Waals surface area contributed by atoms with E-state index in [0.29, 0.717) is 6.04 Å². The number of benzene rings is 2. The van der Waals surface area contributed by atoms with Crippen LogP contribution in [0, 0.1) is 0 Å². The van der Waals surface area contributed by atoms with E-state index in [1.165, 1.54) is 16.7 Å². The van der Waals surface area contributed by atoms with Crippen molar-refractivity contribution in [2.45, 2.75) is 26.1 Å². The standard InChI is InChI=1S/C18H22N2/c1-15(16-7-3-2-4-8-16)20-12-11-19-13-17-9-5-6-10-18(17)14-20/h2-10,15,19H,11-14H2,1H3. The van der Waals surface area contributed by atoms with Crippen molar-refractivity contribution >= 4 is 0 Å². The van der Waals surface area contributed by atoms with Gasteiger partial charge in [-0.2, -0.15) is 0 Å². The molecule has 2 heteroatoms. The van der Waals surface area contributed by atoms with Gasteiger partial charge in [-0.1, -0.05) is 54.6 Å². The molecule has 0 fully saturated rings. The maximum absolute atomic E-state index is 3.54. The van der Waals surface area contributed by atoms with E-state index in [-0.39, 0.29) is 0 Å². The highest BCUT2D eigenvalue weighted by molar-refractivity contribution is 5.28. The molecule has 1 unspecified atom stereocenters.